The van der Waals surface area contributed by atoms with Crippen LogP contribution in [0.4, 0.5) is 0 Å². The summed E-state index contributed by atoms with van der Waals surface area (Å²) in [6, 6.07) is 0. The SMILES string of the molecule is OC1CCC2CC(O)C3C4=CC=CC4=CCC3C2C1O. The largest absolute Gasteiger partial charge is 0.392 e. The molecular formula is C17H22O3. The quantitative estimate of drug-likeness (QED) is 0.628. The molecule has 0 aromatic heterocycles. The Hall–Kier alpha value is -0.900. The lowest BCUT2D eigenvalue weighted by atomic mass is 9.55. The Kier molecular flexibility index (Phi) is 2.92. The third kappa shape index (κ3) is 1.70. The number of allylic oxidation sites excluding steroid dienone is 5. The molecule has 2 fully saturated rings. The van der Waals surface area contributed by atoms with Gasteiger partial charge in [0.15, 0.2) is 0 Å². The topological polar surface area (TPSA) is 60.7 Å². The van der Waals surface area contributed by atoms with Gasteiger partial charge in [-0.1, -0.05) is 24.3 Å². The maximum Gasteiger partial charge on any atom is 0.0832 e. The van der Waals surface area contributed by atoms with Crippen molar-refractivity contribution in [1.82, 2.24) is 0 Å². The number of hydrogen-bond donors (Lipinski definition) is 3. The first-order valence-corrected chi connectivity index (χ1v) is 7.80. The summed E-state index contributed by atoms with van der Waals surface area (Å²) in [5, 5.41) is 31.1. The normalized spacial score (nSPS) is 49.9. The lowest BCUT2D eigenvalue weighted by Gasteiger charge is -2.52. The number of rotatable bonds is 0. The molecule has 0 amide bonds. The van der Waals surface area contributed by atoms with Gasteiger partial charge in [0.05, 0.1) is 18.3 Å². The van der Waals surface area contributed by atoms with Gasteiger partial charge >= 0.3 is 0 Å². The monoisotopic (exact) mass is 274 g/mol. The highest BCUT2D eigenvalue weighted by atomic mass is 16.3. The predicted molar refractivity (Wildman–Crippen MR) is 75.8 cm³/mol. The van der Waals surface area contributed by atoms with Crippen LogP contribution in [0.15, 0.2) is 35.5 Å². The number of aliphatic hydroxyl groups is 3. The van der Waals surface area contributed by atoms with Crippen molar-refractivity contribution in [2.75, 3.05) is 0 Å². The maximum absolute atomic E-state index is 10.6. The third-order valence-electron chi connectivity index (χ3n) is 5.93. The van der Waals surface area contributed by atoms with E-state index < -0.39 is 12.2 Å². The summed E-state index contributed by atoms with van der Waals surface area (Å²) >= 11 is 0. The molecule has 4 rings (SSSR count). The molecule has 0 spiro atoms. The molecule has 0 bridgehead atoms. The Morgan fingerprint density at radius 1 is 1.05 bits per heavy atom. The summed E-state index contributed by atoms with van der Waals surface area (Å²) < 4.78 is 0. The number of aliphatic hydroxyl groups excluding tert-OH is 3. The van der Waals surface area contributed by atoms with Crippen molar-refractivity contribution >= 4 is 0 Å². The van der Waals surface area contributed by atoms with Gasteiger partial charge in [0.1, 0.15) is 0 Å². The van der Waals surface area contributed by atoms with E-state index in [2.05, 4.69) is 24.3 Å². The molecule has 108 valence electrons. The van der Waals surface area contributed by atoms with Crippen molar-refractivity contribution in [3.63, 3.8) is 0 Å². The molecule has 0 aromatic carbocycles. The van der Waals surface area contributed by atoms with Crippen molar-refractivity contribution in [3.05, 3.63) is 35.5 Å². The van der Waals surface area contributed by atoms with Gasteiger partial charge in [0, 0.05) is 5.92 Å². The molecule has 7 atom stereocenters. The molecule has 0 saturated heterocycles. The highest BCUT2D eigenvalue weighted by Crippen LogP contribution is 2.53. The van der Waals surface area contributed by atoms with Crippen molar-refractivity contribution in [1.29, 1.82) is 0 Å². The zero-order chi connectivity index (χ0) is 13.9. The van der Waals surface area contributed by atoms with Crippen molar-refractivity contribution in [2.45, 2.75) is 44.0 Å². The van der Waals surface area contributed by atoms with Crippen molar-refractivity contribution < 1.29 is 15.3 Å². The summed E-state index contributed by atoms with van der Waals surface area (Å²) in [5.41, 5.74) is 2.48. The van der Waals surface area contributed by atoms with Gasteiger partial charge in [0.2, 0.25) is 0 Å². The third-order valence-corrected chi connectivity index (χ3v) is 5.93. The Morgan fingerprint density at radius 2 is 1.90 bits per heavy atom. The van der Waals surface area contributed by atoms with Crippen LogP contribution in [0.1, 0.15) is 25.7 Å². The van der Waals surface area contributed by atoms with Crippen LogP contribution in [0, 0.1) is 23.7 Å². The zero-order valence-corrected chi connectivity index (χ0v) is 11.5. The first-order chi connectivity index (χ1) is 9.66. The molecule has 3 heteroatoms. The minimum atomic E-state index is -0.626. The molecule has 2 saturated carbocycles. The fraction of sp³-hybridized carbons (Fsp3) is 0.647. The van der Waals surface area contributed by atoms with E-state index in [1.165, 1.54) is 11.1 Å². The van der Waals surface area contributed by atoms with E-state index in [0.29, 0.717) is 12.3 Å². The minimum absolute atomic E-state index is 0.131. The molecule has 0 aromatic rings. The van der Waals surface area contributed by atoms with Crippen LogP contribution < -0.4 is 0 Å². The number of fused-ring (bicyclic) bond motifs is 5. The average Bonchev–Trinajstić information content (AvgIpc) is 2.91. The van der Waals surface area contributed by atoms with Gasteiger partial charge in [-0.25, -0.2) is 0 Å². The molecule has 20 heavy (non-hydrogen) atoms. The van der Waals surface area contributed by atoms with Gasteiger partial charge in [-0.15, -0.1) is 0 Å². The molecule has 7 unspecified atom stereocenters. The lowest BCUT2D eigenvalue weighted by molar-refractivity contribution is -0.131. The predicted octanol–water partition coefficient (Wildman–Crippen LogP) is 1.56. The summed E-state index contributed by atoms with van der Waals surface area (Å²) in [4.78, 5) is 0. The zero-order valence-electron chi connectivity index (χ0n) is 11.5. The summed E-state index contributed by atoms with van der Waals surface area (Å²) in [6.45, 7) is 0. The first-order valence-electron chi connectivity index (χ1n) is 7.80. The van der Waals surface area contributed by atoms with Crippen LogP contribution >= 0.6 is 0 Å². The van der Waals surface area contributed by atoms with E-state index in [1.54, 1.807) is 0 Å². The van der Waals surface area contributed by atoms with Crippen LogP contribution in [0.3, 0.4) is 0 Å². The first kappa shape index (κ1) is 12.8. The van der Waals surface area contributed by atoms with Crippen LogP contribution in [-0.2, 0) is 0 Å². The van der Waals surface area contributed by atoms with Crippen LogP contribution in [-0.4, -0.2) is 33.6 Å². The number of hydrogen-bond acceptors (Lipinski definition) is 3. The molecular weight excluding hydrogens is 252 g/mol. The highest BCUT2D eigenvalue weighted by Gasteiger charge is 2.52. The molecule has 0 heterocycles. The van der Waals surface area contributed by atoms with E-state index >= 15 is 0 Å². The van der Waals surface area contributed by atoms with Gasteiger partial charge < -0.3 is 15.3 Å². The molecule has 4 aliphatic rings. The Bertz CT molecular complexity index is 504. The molecule has 0 radical (unpaired) electrons. The highest BCUT2D eigenvalue weighted by molar-refractivity contribution is 5.52. The van der Waals surface area contributed by atoms with E-state index in [1.807, 2.05) is 0 Å². The summed E-state index contributed by atoms with van der Waals surface area (Å²) in [5.74, 6) is 0.885. The standard InChI is InChI=1S/C17H22O3/c18-13-7-5-10-8-14(19)16-11-3-1-2-9(11)4-6-12(16)15(10)17(13)20/h1-4,10,12-20H,5-8H2. The average molecular weight is 274 g/mol. The van der Waals surface area contributed by atoms with Gasteiger partial charge in [0.25, 0.3) is 0 Å². The van der Waals surface area contributed by atoms with E-state index in [-0.39, 0.29) is 23.9 Å². The fourth-order valence-corrected chi connectivity index (χ4v) is 5.08. The Morgan fingerprint density at radius 3 is 2.75 bits per heavy atom. The molecule has 3 N–H and O–H groups in total. The van der Waals surface area contributed by atoms with E-state index in [4.69, 9.17) is 0 Å². The molecule has 0 aliphatic heterocycles. The van der Waals surface area contributed by atoms with Gasteiger partial charge in [-0.3, -0.25) is 0 Å². The lowest BCUT2D eigenvalue weighted by Crippen LogP contribution is -2.54. The summed E-state index contributed by atoms with van der Waals surface area (Å²) in [7, 11) is 0. The molecule has 3 nitrogen and oxygen atoms in total. The molecule has 4 aliphatic carbocycles. The minimum Gasteiger partial charge on any atom is -0.392 e. The van der Waals surface area contributed by atoms with Crippen LogP contribution in [0.5, 0.6) is 0 Å². The second-order valence-electron chi connectivity index (χ2n) is 6.84. The second kappa shape index (κ2) is 4.55. The van der Waals surface area contributed by atoms with Crippen LogP contribution in [0.2, 0.25) is 0 Å². The second-order valence-corrected chi connectivity index (χ2v) is 6.84. The maximum atomic E-state index is 10.6. The Balaban J connectivity index is 1.71. The fourth-order valence-electron chi connectivity index (χ4n) is 5.08. The van der Waals surface area contributed by atoms with Crippen LogP contribution in [0.25, 0.3) is 0 Å². The van der Waals surface area contributed by atoms with Crippen molar-refractivity contribution in [2.24, 2.45) is 23.7 Å². The van der Waals surface area contributed by atoms with Crippen molar-refractivity contribution in [3.8, 4) is 0 Å². The smallest absolute Gasteiger partial charge is 0.0832 e. The Labute approximate surface area is 119 Å². The van der Waals surface area contributed by atoms with Gasteiger partial charge in [-0.05, 0) is 54.6 Å². The van der Waals surface area contributed by atoms with E-state index in [9.17, 15) is 15.3 Å². The summed E-state index contributed by atoms with van der Waals surface area (Å²) in [6.07, 6.45) is 10.2. The van der Waals surface area contributed by atoms with E-state index in [0.717, 1.165) is 19.3 Å². The van der Waals surface area contributed by atoms with Gasteiger partial charge in [-0.2, -0.15) is 0 Å².